The number of benzene rings is 2. The van der Waals surface area contributed by atoms with E-state index in [1.165, 1.54) is 17.7 Å². The maximum atomic E-state index is 12.7. The summed E-state index contributed by atoms with van der Waals surface area (Å²) in [7, 11) is 1.63. The molecule has 0 aliphatic rings. The molecule has 0 unspecified atom stereocenters. The zero-order chi connectivity index (χ0) is 16.9. The van der Waals surface area contributed by atoms with Crippen LogP contribution in [0.5, 0.6) is 5.75 Å². The fourth-order valence-electron chi connectivity index (χ4n) is 2.43. The van der Waals surface area contributed by atoms with Crippen molar-refractivity contribution in [2.75, 3.05) is 7.11 Å². The SMILES string of the molecule is COc1ccc(C[C@@H](C)[NH2+]Cc2cccc(C(F)(F)F)c2)cc1. The van der Waals surface area contributed by atoms with Gasteiger partial charge in [-0.1, -0.05) is 24.3 Å². The van der Waals surface area contributed by atoms with E-state index in [4.69, 9.17) is 4.74 Å². The maximum Gasteiger partial charge on any atom is 0.416 e. The first-order valence-corrected chi connectivity index (χ1v) is 7.51. The molecule has 0 saturated heterocycles. The van der Waals surface area contributed by atoms with Gasteiger partial charge in [0.2, 0.25) is 0 Å². The van der Waals surface area contributed by atoms with Crippen molar-refractivity contribution < 1.29 is 23.2 Å². The van der Waals surface area contributed by atoms with Gasteiger partial charge in [-0.2, -0.15) is 13.2 Å². The monoisotopic (exact) mass is 324 g/mol. The van der Waals surface area contributed by atoms with Crippen LogP contribution in [-0.4, -0.2) is 13.2 Å². The largest absolute Gasteiger partial charge is 0.497 e. The summed E-state index contributed by atoms with van der Waals surface area (Å²) in [5.41, 5.74) is 1.27. The number of quaternary nitrogens is 1. The highest BCUT2D eigenvalue weighted by Crippen LogP contribution is 2.29. The number of nitrogens with two attached hydrogens (primary N) is 1. The second-order valence-electron chi connectivity index (χ2n) is 5.67. The van der Waals surface area contributed by atoms with Crippen LogP contribution < -0.4 is 10.1 Å². The third-order valence-corrected chi connectivity index (χ3v) is 3.73. The average molecular weight is 324 g/mol. The summed E-state index contributed by atoms with van der Waals surface area (Å²) in [6, 6.07) is 13.6. The van der Waals surface area contributed by atoms with Crippen LogP contribution in [0.3, 0.4) is 0 Å². The molecule has 0 bridgehead atoms. The summed E-state index contributed by atoms with van der Waals surface area (Å²) >= 11 is 0. The Morgan fingerprint density at radius 3 is 2.35 bits per heavy atom. The minimum Gasteiger partial charge on any atom is -0.497 e. The van der Waals surface area contributed by atoms with Crippen LogP contribution in [0.1, 0.15) is 23.6 Å². The number of hydrogen-bond acceptors (Lipinski definition) is 1. The Morgan fingerprint density at radius 2 is 1.74 bits per heavy atom. The molecule has 0 spiro atoms. The molecule has 0 aliphatic carbocycles. The summed E-state index contributed by atoms with van der Waals surface area (Å²) in [4.78, 5) is 0. The molecule has 0 fully saturated rings. The van der Waals surface area contributed by atoms with E-state index in [0.29, 0.717) is 12.1 Å². The van der Waals surface area contributed by atoms with E-state index < -0.39 is 11.7 Å². The lowest BCUT2D eigenvalue weighted by molar-refractivity contribution is -0.701. The molecule has 124 valence electrons. The van der Waals surface area contributed by atoms with E-state index in [1.807, 2.05) is 24.3 Å². The van der Waals surface area contributed by atoms with Crippen LogP contribution in [0.25, 0.3) is 0 Å². The van der Waals surface area contributed by atoms with Crippen LogP contribution in [0.15, 0.2) is 48.5 Å². The number of methoxy groups -OCH3 is 1. The molecule has 2 aromatic carbocycles. The molecule has 0 radical (unpaired) electrons. The molecular weight excluding hydrogens is 303 g/mol. The lowest BCUT2D eigenvalue weighted by atomic mass is 10.1. The Bertz CT molecular complexity index is 623. The molecule has 0 aromatic heterocycles. The van der Waals surface area contributed by atoms with Crippen molar-refractivity contribution in [2.24, 2.45) is 0 Å². The minimum absolute atomic E-state index is 0.276. The van der Waals surface area contributed by atoms with E-state index in [1.54, 1.807) is 13.2 Å². The molecule has 2 N–H and O–H groups in total. The quantitative estimate of drug-likeness (QED) is 0.866. The van der Waals surface area contributed by atoms with Crippen molar-refractivity contribution >= 4 is 0 Å². The lowest BCUT2D eigenvalue weighted by Crippen LogP contribution is -2.88. The van der Waals surface area contributed by atoms with Gasteiger partial charge >= 0.3 is 6.18 Å². The minimum atomic E-state index is -4.29. The van der Waals surface area contributed by atoms with Gasteiger partial charge in [0.05, 0.1) is 18.7 Å². The van der Waals surface area contributed by atoms with Gasteiger partial charge < -0.3 is 10.1 Å². The number of alkyl halides is 3. The zero-order valence-corrected chi connectivity index (χ0v) is 13.2. The molecular formula is C18H21F3NO+. The maximum absolute atomic E-state index is 12.7. The van der Waals surface area contributed by atoms with Gasteiger partial charge in [0, 0.05) is 12.0 Å². The fraction of sp³-hybridized carbons (Fsp3) is 0.333. The van der Waals surface area contributed by atoms with Gasteiger partial charge in [-0.25, -0.2) is 0 Å². The van der Waals surface area contributed by atoms with Crippen molar-refractivity contribution in [1.29, 1.82) is 0 Å². The summed E-state index contributed by atoms with van der Waals surface area (Å²) < 4.78 is 43.2. The third-order valence-electron chi connectivity index (χ3n) is 3.73. The number of halogens is 3. The Hall–Kier alpha value is -2.01. The summed E-state index contributed by atoms with van der Waals surface area (Å²) in [6.45, 7) is 2.60. The molecule has 2 aromatic rings. The second-order valence-corrected chi connectivity index (χ2v) is 5.67. The van der Waals surface area contributed by atoms with Crippen LogP contribution in [0, 0.1) is 0 Å². The van der Waals surface area contributed by atoms with Crippen molar-refractivity contribution in [2.45, 2.75) is 32.1 Å². The number of hydrogen-bond donors (Lipinski definition) is 1. The van der Waals surface area contributed by atoms with Crippen molar-refractivity contribution in [3.63, 3.8) is 0 Å². The lowest BCUT2D eigenvalue weighted by Gasteiger charge is -2.12. The number of rotatable bonds is 6. The number of ether oxygens (including phenoxy) is 1. The van der Waals surface area contributed by atoms with Gasteiger partial charge in [0.25, 0.3) is 0 Å². The Kier molecular flexibility index (Phi) is 5.66. The van der Waals surface area contributed by atoms with Gasteiger partial charge in [-0.3, -0.25) is 0 Å². The topological polar surface area (TPSA) is 25.8 Å². The van der Waals surface area contributed by atoms with Crippen molar-refractivity contribution in [3.8, 4) is 5.75 Å². The highest BCUT2D eigenvalue weighted by molar-refractivity contribution is 5.27. The van der Waals surface area contributed by atoms with Gasteiger partial charge in [0.15, 0.2) is 0 Å². The second kappa shape index (κ2) is 7.51. The zero-order valence-electron chi connectivity index (χ0n) is 13.2. The predicted octanol–water partition coefficient (Wildman–Crippen LogP) is 3.41. The van der Waals surface area contributed by atoms with E-state index in [0.717, 1.165) is 18.2 Å². The smallest absolute Gasteiger partial charge is 0.416 e. The molecule has 0 heterocycles. The van der Waals surface area contributed by atoms with Gasteiger partial charge in [-0.05, 0) is 36.8 Å². The molecule has 0 saturated carbocycles. The predicted molar refractivity (Wildman–Crippen MR) is 83.2 cm³/mol. The molecule has 1 atom stereocenters. The molecule has 23 heavy (non-hydrogen) atoms. The summed E-state index contributed by atoms with van der Waals surface area (Å²) in [5.74, 6) is 0.814. The van der Waals surface area contributed by atoms with Crippen LogP contribution in [0.2, 0.25) is 0 Å². The highest BCUT2D eigenvalue weighted by atomic mass is 19.4. The normalized spacial score (nSPS) is 12.9. The van der Waals surface area contributed by atoms with Gasteiger partial charge in [-0.15, -0.1) is 0 Å². The van der Waals surface area contributed by atoms with E-state index >= 15 is 0 Å². The third kappa shape index (κ3) is 5.28. The summed E-state index contributed by atoms with van der Waals surface area (Å²) in [6.07, 6.45) is -3.44. The molecule has 5 heteroatoms. The van der Waals surface area contributed by atoms with E-state index in [9.17, 15) is 13.2 Å². The first kappa shape index (κ1) is 17.3. The molecule has 0 aliphatic heterocycles. The van der Waals surface area contributed by atoms with Crippen LogP contribution in [-0.2, 0) is 19.1 Å². The Labute approximate surface area is 134 Å². The molecule has 0 amide bonds. The standard InChI is InChI=1S/C18H20F3NO/c1-13(10-14-6-8-17(23-2)9-7-14)22-12-15-4-3-5-16(11-15)18(19,20)21/h3-9,11,13,22H,10,12H2,1-2H3/p+1/t13-/m1/s1. The first-order chi connectivity index (χ1) is 10.9. The first-order valence-electron chi connectivity index (χ1n) is 7.51. The fourth-order valence-corrected chi connectivity index (χ4v) is 2.43. The Morgan fingerprint density at radius 1 is 1.04 bits per heavy atom. The molecule has 2 rings (SSSR count). The Balaban J connectivity index is 1.90. The van der Waals surface area contributed by atoms with E-state index in [-0.39, 0.29) is 6.04 Å². The van der Waals surface area contributed by atoms with Crippen molar-refractivity contribution in [1.82, 2.24) is 0 Å². The van der Waals surface area contributed by atoms with Crippen LogP contribution in [0.4, 0.5) is 13.2 Å². The molecule has 2 nitrogen and oxygen atoms in total. The van der Waals surface area contributed by atoms with E-state index in [2.05, 4.69) is 12.2 Å². The van der Waals surface area contributed by atoms with Crippen LogP contribution >= 0.6 is 0 Å². The van der Waals surface area contributed by atoms with Gasteiger partial charge in [0.1, 0.15) is 12.3 Å². The highest BCUT2D eigenvalue weighted by Gasteiger charge is 2.30. The average Bonchev–Trinajstić information content (AvgIpc) is 2.53. The van der Waals surface area contributed by atoms with Crippen molar-refractivity contribution in [3.05, 3.63) is 65.2 Å². The summed E-state index contributed by atoms with van der Waals surface area (Å²) in [5, 5.41) is 2.06.